The lowest BCUT2D eigenvalue weighted by molar-refractivity contribution is -0.384. The van der Waals surface area contributed by atoms with Crippen LogP contribution in [0.15, 0.2) is 103 Å². The van der Waals surface area contributed by atoms with E-state index in [0.717, 1.165) is 30.4 Å². The zero-order chi connectivity index (χ0) is 41.5. The lowest BCUT2D eigenvalue weighted by Gasteiger charge is -2.24. The van der Waals surface area contributed by atoms with Gasteiger partial charge >= 0.3 is 0 Å². The van der Waals surface area contributed by atoms with Crippen LogP contribution >= 0.6 is 0 Å². The van der Waals surface area contributed by atoms with Gasteiger partial charge < -0.3 is 24.7 Å². The largest absolute Gasteiger partial charge is 0.452 e. The number of rotatable bonds is 22. The Labute approximate surface area is 343 Å². The fraction of sp³-hybridized carbons (Fsp3) is 0.367. The Bertz CT molecular complexity index is 2110. The van der Waals surface area contributed by atoms with E-state index in [2.05, 4.69) is 27.7 Å². The smallest absolute Gasteiger partial charge is 0.273 e. The Balaban J connectivity index is 1.62. The number of nitrogens with two attached hydrogens (primary N) is 1. The Kier molecular flexibility index (Phi) is 15.7. The van der Waals surface area contributed by atoms with E-state index in [4.69, 9.17) is 24.7 Å². The first-order valence-corrected chi connectivity index (χ1v) is 20.7. The Hall–Kier alpha value is -5.83. The Morgan fingerprint density at radius 3 is 1.78 bits per heavy atom. The summed E-state index contributed by atoms with van der Waals surface area (Å²) >= 11 is 0. The molecule has 9 nitrogen and oxygen atoms in total. The molecule has 0 aromatic heterocycles. The molecule has 0 aliphatic heterocycles. The van der Waals surface area contributed by atoms with Crippen molar-refractivity contribution in [3.63, 3.8) is 0 Å². The van der Waals surface area contributed by atoms with Crippen molar-refractivity contribution in [3.8, 4) is 46.0 Å². The number of nitro groups is 1. The molecular formula is C49H58N2O7. The first-order valence-electron chi connectivity index (χ1n) is 20.7. The average molecular weight is 787 g/mol. The summed E-state index contributed by atoms with van der Waals surface area (Å²) in [4.78, 5) is 25.9. The number of unbranched alkanes of at least 4 members (excludes halogenated alkanes) is 10. The molecule has 5 aromatic carbocycles. The molecule has 0 fully saturated rings. The number of hydrogen-bond acceptors (Lipinski definition) is 8. The second-order valence-electron chi connectivity index (χ2n) is 15.8. The van der Waals surface area contributed by atoms with Crippen molar-refractivity contribution < 1.29 is 28.7 Å². The van der Waals surface area contributed by atoms with E-state index in [1.807, 2.05) is 73.7 Å². The number of ketones is 1. The number of non-ortho nitro benzene ring substituents is 1. The third-order valence-corrected chi connectivity index (χ3v) is 10.1. The van der Waals surface area contributed by atoms with Gasteiger partial charge in [0.1, 0.15) is 23.0 Å². The normalized spacial score (nSPS) is 11.3. The van der Waals surface area contributed by atoms with Crippen LogP contribution in [0.2, 0.25) is 0 Å². The van der Waals surface area contributed by atoms with E-state index in [9.17, 15) is 14.9 Å². The van der Waals surface area contributed by atoms with Crippen molar-refractivity contribution in [1.82, 2.24) is 0 Å². The molecule has 58 heavy (non-hydrogen) atoms. The van der Waals surface area contributed by atoms with Crippen LogP contribution in [0.5, 0.6) is 46.0 Å². The van der Waals surface area contributed by atoms with Gasteiger partial charge in [0.05, 0.1) is 22.2 Å². The van der Waals surface area contributed by atoms with Gasteiger partial charge in [-0.1, -0.05) is 147 Å². The van der Waals surface area contributed by atoms with Gasteiger partial charge in [-0.2, -0.15) is 0 Å². The number of benzene rings is 5. The Morgan fingerprint density at radius 2 is 1.16 bits per heavy atom. The number of nitrogen functional groups attached to an aromatic ring is 1. The zero-order valence-corrected chi connectivity index (χ0v) is 34.7. The maximum absolute atomic E-state index is 14.6. The molecule has 9 heteroatoms. The molecule has 0 radical (unpaired) electrons. The summed E-state index contributed by atoms with van der Waals surface area (Å²) in [5, 5.41) is 11.8. The third kappa shape index (κ3) is 12.1. The van der Waals surface area contributed by atoms with Crippen molar-refractivity contribution in [3.05, 3.63) is 130 Å². The molecule has 0 spiro atoms. The van der Waals surface area contributed by atoms with E-state index in [-0.39, 0.29) is 63.3 Å². The summed E-state index contributed by atoms with van der Waals surface area (Å²) in [5.41, 5.74) is 8.71. The number of nitrogens with zero attached hydrogens (tertiary/aromatic N) is 1. The number of para-hydroxylation sites is 2. The highest BCUT2D eigenvalue weighted by Crippen LogP contribution is 2.56. The highest BCUT2D eigenvalue weighted by molar-refractivity contribution is 6.07. The number of hydrogen-bond donors (Lipinski definition) is 1. The van der Waals surface area contributed by atoms with E-state index in [1.165, 1.54) is 63.1 Å². The standard InChI is InChI=1S/C49H58N2O7/c1-6-7-8-9-10-11-12-13-14-15-19-28-41(52)43-44(50)46(55-38-25-17-16-18-26-38)48(58-42-29-21-20-23-35(42)2)47(56-39-32-30-36(31-33-39)49(3,4)5)45(43)57-40-27-22-24-37(34-40)51(53)54/h16-18,20-27,29-34H,6-15,19,28,50H2,1-5H3. The first-order chi connectivity index (χ1) is 28.0. The number of carbonyl (C=O) groups excluding carboxylic acids is 1. The van der Waals surface area contributed by atoms with Crippen LogP contribution in [0, 0.1) is 17.0 Å². The summed E-state index contributed by atoms with van der Waals surface area (Å²) in [6.07, 6.45) is 12.7. The maximum atomic E-state index is 14.6. The molecule has 0 bridgehead atoms. The topological polar surface area (TPSA) is 123 Å². The molecule has 0 amide bonds. The average Bonchev–Trinajstić information content (AvgIpc) is 3.20. The van der Waals surface area contributed by atoms with Crippen LogP contribution in [-0.4, -0.2) is 10.7 Å². The fourth-order valence-corrected chi connectivity index (χ4v) is 6.72. The summed E-state index contributed by atoms with van der Waals surface area (Å²) in [7, 11) is 0. The minimum atomic E-state index is -0.503. The molecule has 306 valence electrons. The number of aryl methyl sites for hydroxylation is 1. The summed E-state index contributed by atoms with van der Waals surface area (Å²) in [6, 6.07) is 30.0. The van der Waals surface area contributed by atoms with E-state index in [1.54, 1.807) is 18.2 Å². The molecule has 0 heterocycles. The van der Waals surface area contributed by atoms with Crippen molar-refractivity contribution in [2.45, 2.75) is 117 Å². The van der Waals surface area contributed by atoms with E-state index in [0.29, 0.717) is 23.7 Å². The van der Waals surface area contributed by atoms with Crippen LogP contribution in [-0.2, 0) is 5.41 Å². The lowest BCUT2D eigenvalue weighted by atomic mass is 9.87. The highest BCUT2D eigenvalue weighted by atomic mass is 16.6. The molecule has 5 aromatic rings. The Morgan fingerprint density at radius 1 is 0.621 bits per heavy atom. The molecule has 0 aliphatic carbocycles. The van der Waals surface area contributed by atoms with Gasteiger partial charge in [-0.25, -0.2) is 0 Å². The maximum Gasteiger partial charge on any atom is 0.273 e. The molecule has 0 saturated heterocycles. The quantitative estimate of drug-likeness (QED) is 0.0242. The predicted molar refractivity (Wildman–Crippen MR) is 232 cm³/mol. The van der Waals surface area contributed by atoms with Gasteiger partial charge in [-0.15, -0.1) is 0 Å². The van der Waals surface area contributed by atoms with Gasteiger partial charge in [0.15, 0.2) is 17.3 Å². The fourth-order valence-electron chi connectivity index (χ4n) is 6.72. The molecule has 0 atom stereocenters. The number of Topliss-reactive ketones (excluding diaryl/α,β-unsaturated/α-hetero) is 1. The summed E-state index contributed by atoms with van der Waals surface area (Å²) < 4.78 is 26.5. The lowest BCUT2D eigenvalue weighted by Crippen LogP contribution is -2.11. The zero-order valence-electron chi connectivity index (χ0n) is 34.7. The minimum absolute atomic E-state index is 0.00336. The molecule has 0 unspecified atom stereocenters. The van der Waals surface area contributed by atoms with Gasteiger partial charge in [0.2, 0.25) is 11.5 Å². The van der Waals surface area contributed by atoms with E-state index >= 15 is 0 Å². The second kappa shape index (κ2) is 21.1. The summed E-state index contributed by atoms with van der Waals surface area (Å²) in [5.74, 6) is 1.37. The first kappa shape index (κ1) is 43.3. The predicted octanol–water partition coefficient (Wildman–Crippen LogP) is 14.8. The minimum Gasteiger partial charge on any atom is -0.452 e. The molecule has 2 N–H and O–H groups in total. The van der Waals surface area contributed by atoms with Gasteiger partial charge in [-0.05, 0) is 66.3 Å². The number of anilines is 1. The third-order valence-electron chi connectivity index (χ3n) is 10.1. The molecular weight excluding hydrogens is 729 g/mol. The van der Waals surface area contributed by atoms with Gasteiger partial charge in [0, 0.05) is 12.5 Å². The number of nitro benzene ring substituents is 1. The molecule has 0 aliphatic rings. The van der Waals surface area contributed by atoms with Crippen LogP contribution in [0.4, 0.5) is 11.4 Å². The monoisotopic (exact) mass is 786 g/mol. The van der Waals surface area contributed by atoms with Crippen LogP contribution in [0.3, 0.4) is 0 Å². The SMILES string of the molecule is CCCCCCCCCCCCCC(=O)c1c(N)c(Oc2ccccc2)c(Oc2ccccc2C)c(Oc2ccc(C(C)(C)C)cc2)c1Oc1cccc([N+](=O)[O-])c1. The summed E-state index contributed by atoms with van der Waals surface area (Å²) in [6.45, 7) is 10.5. The van der Waals surface area contributed by atoms with Crippen LogP contribution in [0.1, 0.15) is 126 Å². The van der Waals surface area contributed by atoms with Gasteiger partial charge in [-0.3, -0.25) is 14.9 Å². The second-order valence-corrected chi connectivity index (χ2v) is 15.8. The number of carbonyl (C=O) groups is 1. The van der Waals surface area contributed by atoms with Gasteiger partial charge in [0.25, 0.3) is 5.69 Å². The van der Waals surface area contributed by atoms with Crippen molar-refractivity contribution in [2.24, 2.45) is 0 Å². The van der Waals surface area contributed by atoms with Crippen molar-refractivity contribution in [1.29, 1.82) is 0 Å². The van der Waals surface area contributed by atoms with E-state index < -0.39 is 4.92 Å². The highest BCUT2D eigenvalue weighted by Gasteiger charge is 2.33. The molecule has 0 saturated carbocycles. The van der Waals surface area contributed by atoms with Crippen LogP contribution < -0.4 is 24.7 Å². The number of ether oxygens (including phenoxy) is 4. The van der Waals surface area contributed by atoms with Crippen molar-refractivity contribution >= 4 is 17.2 Å². The molecule has 5 rings (SSSR count). The van der Waals surface area contributed by atoms with Crippen molar-refractivity contribution in [2.75, 3.05) is 5.73 Å². The van der Waals surface area contributed by atoms with Crippen LogP contribution in [0.25, 0.3) is 0 Å².